The maximum atomic E-state index is 5.51. The molecular weight excluding hydrogens is 264 g/mol. The van der Waals surface area contributed by atoms with E-state index in [9.17, 15) is 0 Å². The highest BCUT2D eigenvalue weighted by Crippen LogP contribution is 2.31. The summed E-state index contributed by atoms with van der Waals surface area (Å²) in [6, 6.07) is 6.36. The van der Waals surface area contributed by atoms with Crippen molar-refractivity contribution in [2.75, 3.05) is 24.5 Å². The molecule has 3 heteroatoms. The fraction of sp³-hybridized carbons (Fsp3) is 0.385. The van der Waals surface area contributed by atoms with E-state index in [0.29, 0.717) is 6.54 Å². The van der Waals surface area contributed by atoms with Gasteiger partial charge in [0.2, 0.25) is 0 Å². The predicted octanol–water partition coefficient (Wildman–Crippen LogP) is 3.02. The number of nitrogens with zero attached hydrogens (tertiary/aromatic N) is 1. The highest BCUT2D eigenvalue weighted by molar-refractivity contribution is 9.10. The summed E-state index contributed by atoms with van der Waals surface area (Å²) in [6.45, 7) is 2.92. The van der Waals surface area contributed by atoms with Crippen LogP contribution in [0, 0.1) is 0 Å². The molecule has 0 aromatic heterocycles. The van der Waals surface area contributed by atoms with Crippen LogP contribution in [0.4, 0.5) is 5.69 Å². The normalized spacial score (nSPS) is 16.2. The van der Waals surface area contributed by atoms with E-state index in [4.69, 9.17) is 5.73 Å². The molecule has 2 N–H and O–H groups in total. The highest BCUT2D eigenvalue weighted by Gasteiger charge is 2.15. The Morgan fingerprint density at radius 2 is 2.06 bits per heavy atom. The Bertz CT molecular complexity index is 382. The lowest BCUT2D eigenvalue weighted by atomic mass is 10.1. The van der Waals surface area contributed by atoms with E-state index in [1.807, 2.05) is 6.08 Å². The molecule has 0 radical (unpaired) electrons. The summed E-state index contributed by atoms with van der Waals surface area (Å²) >= 11 is 3.61. The second-order valence-electron chi connectivity index (χ2n) is 4.00. The molecule has 86 valence electrons. The van der Waals surface area contributed by atoms with Gasteiger partial charge >= 0.3 is 0 Å². The number of benzene rings is 1. The smallest absolute Gasteiger partial charge is 0.0451 e. The molecule has 1 heterocycles. The zero-order valence-electron chi connectivity index (χ0n) is 9.32. The second kappa shape index (κ2) is 5.51. The maximum Gasteiger partial charge on any atom is 0.0451 e. The van der Waals surface area contributed by atoms with Crippen LogP contribution in [0.15, 0.2) is 28.7 Å². The first-order chi connectivity index (χ1) is 7.83. The zero-order valence-corrected chi connectivity index (χ0v) is 10.9. The molecule has 1 fully saturated rings. The van der Waals surface area contributed by atoms with E-state index in [-0.39, 0.29) is 0 Å². The summed E-state index contributed by atoms with van der Waals surface area (Å²) in [6.07, 6.45) is 6.70. The molecular formula is C13H17BrN2. The number of anilines is 1. The van der Waals surface area contributed by atoms with Crippen LogP contribution in [0.5, 0.6) is 0 Å². The topological polar surface area (TPSA) is 29.3 Å². The van der Waals surface area contributed by atoms with Crippen molar-refractivity contribution in [3.63, 3.8) is 0 Å². The lowest BCUT2D eigenvalue weighted by molar-refractivity contribution is 0.949. The lowest BCUT2D eigenvalue weighted by Gasteiger charge is -2.20. The first kappa shape index (κ1) is 11.7. The van der Waals surface area contributed by atoms with Crippen LogP contribution >= 0.6 is 15.9 Å². The molecule has 1 aromatic carbocycles. The summed E-state index contributed by atoms with van der Waals surface area (Å²) in [4.78, 5) is 2.45. The van der Waals surface area contributed by atoms with Crippen molar-refractivity contribution in [2.24, 2.45) is 5.73 Å². The third-order valence-electron chi connectivity index (χ3n) is 2.90. The van der Waals surface area contributed by atoms with Gasteiger partial charge in [0.25, 0.3) is 0 Å². The van der Waals surface area contributed by atoms with Gasteiger partial charge in [-0.3, -0.25) is 0 Å². The van der Waals surface area contributed by atoms with Crippen molar-refractivity contribution >= 4 is 27.7 Å². The Balaban J connectivity index is 2.35. The molecule has 0 unspecified atom stereocenters. The monoisotopic (exact) mass is 280 g/mol. The number of hydrogen-bond donors (Lipinski definition) is 1. The molecule has 0 saturated carbocycles. The number of nitrogens with two attached hydrogens (primary N) is 1. The second-order valence-corrected chi connectivity index (χ2v) is 4.86. The molecule has 1 aliphatic heterocycles. The first-order valence-electron chi connectivity index (χ1n) is 5.73. The van der Waals surface area contributed by atoms with E-state index in [1.54, 1.807) is 0 Å². The van der Waals surface area contributed by atoms with Crippen LogP contribution in [0.2, 0.25) is 0 Å². The Morgan fingerprint density at radius 3 is 2.75 bits per heavy atom. The molecule has 0 aliphatic carbocycles. The highest BCUT2D eigenvalue weighted by atomic mass is 79.9. The van der Waals surface area contributed by atoms with Crippen molar-refractivity contribution in [2.45, 2.75) is 12.8 Å². The fourth-order valence-electron chi connectivity index (χ4n) is 2.11. The number of rotatable bonds is 3. The van der Waals surface area contributed by atoms with Crippen molar-refractivity contribution in [1.82, 2.24) is 0 Å². The molecule has 1 aromatic rings. The molecule has 0 bridgehead atoms. The van der Waals surface area contributed by atoms with Gasteiger partial charge in [-0.15, -0.1) is 0 Å². The largest absolute Gasteiger partial charge is 0.371 e. The van der Waals surface area contributed by atoms with Gasteiger partial charge in [0.1, 0.15) is 0 Å². The van der Waals surface area contributed by atoms with Gasteiger partial charge in [-0.1, -0.05) is 34.1 Å². The third-order valence-corrected chi connectivity index (χ3v) is 3.59. The SMILES string of the molecule is NC/C=C/c1c(Br)cccc1N1CCCC1. The molecule has 0 atom stereocenters. The molecule has 0 spiro atoms. The Hall–Kier alpha value is -0.800. The van der Waals surface area contributed by atoms with E-state index in [1.165, 1.54) is 37.2 Å². The predicted molar refractivity (Wildman–Crippen MR) is 73.7 cm³/mol. The zero-order chi connectivity index (χ0) is 11.4. The first-order valence-corrected chi connectivity index (χ1v) is 6.52. The van der Waals surface area contributed by atoms with Gasteiger partial charge in [-0.25, -0.2) is 0 Å². The van der Waals surface area contributed by atoms with Crippen LogP contribution in [0.25, 0.3) is 6.08 Å². The summed E-state index contributed by atoms with van der Waals surface area (Å²) < 4.78 is 1.14. The van der Waals surface area contributed by atoms with Gasteiger partial charge in [-0.2, -0.15) is 0 Å². The average molecular weight is 281 g/mol. The standard InChI is InChI=1S/C13H17BrN2/c14-12-6-3-7-13(11(12)5-4-8-15)16-9-1-2-10-16/h3-7H,1-2,8-10,15H2/b5-4+. The van der Waals surface area contributed by atoms with Crippen molar-refractivity contribution in [3.05, 3.63) is 34.3 Å². The Morgan fingerprint density at radius 1 is 1.31 bits per heavy atom. The number of halogens is 1. The van der Waals surface area contributed by atoms with Crippen molar-refractivity contribution in [3.8, 4) is 0 Å². The van der Waals surface area contributed by atoms with Crippen LogP contribution in [0.1, 0.15) is 18.4 Å². The molecule has 2 nitrogen and oxygen atoms in total. The van der Waals surface area contributed by atoms with E-state index in [0.717, 1.165) is 4.47 Å². The molecule has 1 aliphatic rings. The average Bonchev–Trinajstić information content (AvgIpc) is 2.80. The van der Waals surface area contributed by atoms with Gasteiger partial charge in [-0.05, 0) is 25.0 Å². The molecule has 2 rings (SSSR count). The van der Waals surface area contributed by atoms with E-state index in [2.05, 4.69) is 45.1 Å². The fourth-order valence-corrected chi connectivity index (χ4v) is 2.60. The van der Waals surface area contributed by atoms with Crippen LogP contribution in [-0.4, -0.2) is 19.6 Å². The number of hydrogen-bond acceptors (Lipinski definition) is 2. The molecule has 16 heavy (non-hydrogen) atoms. The van der Waals surface area contributed by atoms with Crippen LogP contribution in [0.3, 0.4) is 0 Å². The van der Waals surface area contributed by atoms with Gasteiger partial charge in [0.05, 0.1) is 0 Å². The minimum absolute atomic E-state index is 0.584. The van der Waals surface area contributed by atoms with Crippen LogP contribution in [-0.2, 0) is 0 Å². The summed E-state index contributed by atoms with van der Waals surface area (Å²) in [5.74, 6) is 0. The molecule has 1 saturated heterocycles. The third kappa shape index (κ3) is 2.47. The van der Waals surface area contributed by atoms with E-state index < -0.39 is 0 Å². The quantitative estimate of drug-likeness (QED) is 0.922. The van der Waals surface area contributed by atoms with Gasteiger partial charge in [0, 0.05) is 35.4 Å². The van der Waals surface area contributed by atoms with Crippen molar-refractivity contribution < 1.29 is 0 Å². The minimum Gasteiger partial charge on any atom is -0.371 e. The van der Waals surface area contributed by atoms with Crippen molar-refractivity contribution in [1.29, 1.82) is 0 Å². The lowest BCUT2D eigenvalue weighted by Crippen LogP contribution is -2.18. The van der Waals surface area contributed by atoms with Crippen LogP contribution < -0.4 is 10.6 Å². The summed E-state index contributed by atoms with van der Waals surface area (Å²) in [5.41, 5.74) is 8.08. The maximum absolute atomic E-state index is 5.51. The summed E-state index contributed by atoms with van der Waals surface area (Å²) in [7, 11) is 0. The Labute approximate surface area is 105 Å². The van der Waals surface area contributed by atoms with E-state index >= 15 is 0 Å². The molecule has 0 amide bonds. The minimum atomic E-state index is 0.584. The van der Waals surface area contributed by atoms with Gasteiger partial charge < -0.3 is 10.6 Å². The van der Waals surface area contributed by atoms with Gasteiger partial charge in [0.15, 0.2) is 0 Å². The Kier molecular flexibility index (Phi) is 4.02. The summed E-state index contributed by atoms with van der Waals surface area (Å²) in [5, 5.41) is 0.